The van der Waals surface area contributed by atoms with Gasteiger partial charge in [-0.15, -0.1) is 0 Å². The molecule has 0 saturated heterocycles. The number of hydrogen-bond donors (Lipinski definition) is 2. The van der Waals surface area contributed by atoms with Crippen LogP contribution in [0.25, 0.3) is 0 Å². The molecule has 0 amide bonds. The Morgan fingerprint density at radius 1 is 1.56 bits per heavy atom. The summed E-state index contributed by atoms with van der Waals surface area (Å²) in [5.41, 5.74) is -0.0759. The van der Waals surface area contributed by atoms with Crippen LogP contribution in [0.3, 0.4) is 0 Å². The zero-order valence-corrected chi connectivity index (χ0v) is 11.0. The molecule has 98 valence electrons. The van der Waals surface area contributed by atoms with E-state index in [0.29, 0.717) is 12.2 Å². The van der Waals surface area contributed by atoms with E-state index in [4.69, 9.17) is 5.26 Å². The summed E-state index contributed by atoms with van der Waals surface area (Å²) < 4.78 is 13.0. The van der Waals surface area contributed by atoms with E-state index in [-0.39, 0.29) is 11.5 Å². The van der Waals surface area contributed by atoms with E-state index in [9.17, 15) is 9.50 Å². The molecule has 0 bridgehead atoms. The zero-order chi connectivity index (χ0) is 13.8. The highest BCUT2D eigenvalue weighted by Crippen LogP contribution is 2.22. The van der Waals surface area contributed by atoms with Gasteiger partial charge in [0.25, 0.3) is 0 Å². The molecule has 4 heteroatoms. The van der Waals surface area contributed by atoms with Crippen molar-refractivity contribution in [3.63, 3.8) is 0 Å². The lowest BCUT2D eigenvalue weighted by atomic mass is 9.88. The molecule has 1 aromatic rings. The second-order valence-corrected chi connectivity index (χ2v) is 4.82. The summed E-state index contributed by atoms with van der Waals surface area (Å²) in [6, 6.07) is 5.92. The molecule has 3 nitrogen and oxygen atoms in total. The maximum absolute atomic E-state index is 13.0. The Morgan fingerprint density at radius 3 is 2.78 bits per heavy atom. The molecule has 0 radical (unpaired) electrons. The number of aliphatic hydroxyl groups is 1. The van der Waals surface area contributed by atoms with E-state index < -0.39 is 11.4 Å². The number of rotatable bonds is 5. The minimum absolute atomic E-state index is 0.135. The van der Waals surface area contributed by atoms with Crippen LogP contribution in [0.5, 0.6) is 0 Å². The number of hydrogen-bond acceptors (Lipinski definition) is 3. The van der Waals surface area contributed by atoms with Gasteiger partial charge in [-0.25, -0.2) is 4.39 Å². The highest BCUT2D eigenvalue weighted by Gasteiger charge is 2.26. The lowest BCUT2D eigenvalue weighted by molar-refractivity contribution is 0.0176. The number of benzene rings is 1. The van der Waals surface area contributed by atoms with Gasteiger partial charge in [-0.1, -0.05) is 20.3 Å². The molecule has 0 heterocycles. The summed E-state index contributed by atoms with van der Waals surface area (Å²) in [6.45, 7) is 6.06. The highest BCUT2D eigenvalue weighted by atomic mass is 19.1. The Bertz CT molecular complexity index is 452. The van der Waals surface area contributed by atoms with Gasteiger partial charge >= 0.3 is 0 Å². The van der Waals surface area contributed by atoms with Crippen molar-refractivity contribution in [3.8, 4) is 6.07 Å². The molecule has 0 aromatic heterocycles. The second-order valence-electron chi connectivity index (χ2n) is 4.82. The fraction of sp³-hybridized carbons (Fsp3) is 0.500. The largest absolute Gasteiger partial charge is 0.388 e. The predicted molar refractivity (Wildman–Crippen MR) is 69.7 cm³/mol. The highest BCUT2D eigenvalue weighted by molar-refractivity contribution is 5.57. The lowest BCUT2D eigenvalue weighted by Crippen LogP contribution is -2.40. The molecule has 18 heavy (non-hydrogen) atoms. The van der Waals surface area contributed by atoms with Gasteiger partial charge in [0.15, 0.2) is 0 Å². The number of halogens is 1. The molecule has 2 atom stereocenters. The first-order valence-corrected chi connectivity index (χ1v) is 6.06. The van der Waals surface area contributed by atoms with E-state index in [1.807, 2.05) is 19.9 Å². The molecule has 0 saturated carbocycles. The molecular formula is C14H19FN2O. The molecule has 0 spiro atoms. The van der Waals surface area contributed by atoms with Crippen molar-refractivity contribution in [2.45, 2.75) is 32.8 Å². The van der Waals surface area contributed by atoms with Gasteiger partial charge in [0.1, 0.15) is 11.9 Å². The van der Waals surface area contributed by atoms with Crippen LogP contribution in [-0.4, -0.2) is 17.3 Å². The van der Waals surface area contributed by atoms with E-state index in [0.717, 1.165) is 6.42 Å². The first kappa shape index (κ1) is 14.5. The first-order valence-electron chi connectivity index (χ1n) is 6.06. The van der Waals surface area contributed by atoms with Gasteiger partial charge < -0.3 is 10.4 Å². The van der Waals surface area contributed by atoms with E-state index in [1.54, 1.807) is 6.92 Å². The third-order valence-electron chi connectivity index (χ3n) is 3.41. The quantitative estimate of drug-likeness (QED) is 0.844. The minimum atomic E-state index is -0.865. The SMILES string of the molecule is CCC(C)C(C)(O)CNc1ccc(F)cc1C#N. The van der Waals surface area contributed by atoms with Gasteiger partial charge in [-0.2, -0.15) is 5.26 Å². The van der Waals surface area contributed by atoms with Gasteiger partial charge in [0.2, 0.25) is 0 Å². The number of nitriles is 1. The summed E-state index contributed by atoms with van der Waals surface area (Å²) in [5, 5.41) is 22.2. The van der Waals surface area contributed by atoms with Crippen molar-refractivity contribution < 1.29 is 9.50 Å². The first-order chi connectivity index (χ1) is 8.40. The number of anilines is 1. The van der Waals surface area contributed by atoms with Crippen molar-refractivity contribution >= 4 is 5.69 Å². The van der Waals surface area contributed by atoms with Crippen molar-refractivity contribution in [1.82, 2.24) is 0 Å². The van der Waals surface area contributed by atoms with Crippen LogP contribution < -0.4 is 5.32 Å². The number of nitrogens with one attached hydrogen (secondary N) is 1. The molecule has 0 fully saturated rings. The maximum atomic E-state index is 13.0. The van der Waals surface area contributed by atoms with E-state index >= 15 is 0 Å². The lowest BCUT2D eigenvalue weighted by Gasteiger charge is -2.30. The minimum Gasteiger partial charge on any atom is -0.388 e. The predicted octanol–water partition coefficient (Wildman–Crippen LogP) is 2.91. The fourth-order valence-electron chi connectivity index (χ4n) is 1.65. The molecule has 2 N–H and O–H groups in total. The van der Waals surface area contributed by atoms with Gasteiger partial charge in [0.05, 0.1) is 16.9 Å². The molecule has 2 unspecified atom stereocenters. The molecule has 0 aliphatic rings. The molecule has 1 rings (SSSR count). The second kappa shape index (κ2) is 5.83. The molecular weight excluding hydrogens is 231 g/mol. The maximum Gasteiger partial charge on any atom is 0.124 e. The van der Waals surface area contributed by atoms with Crippen LogP contribution in [-0.2, 0) is 0 Å². The fourth-order valence-corrected chi connectivity index (χ4v) is 1.65. The van der Waals surface area contributed by atoms with Crippen LogP contribution in [0.1, 0.15) is 32.8 Å². The van der Waals surface area contributed by atoms with Crippen LogP contribution in [0, 0.1) is 23.1 Å². The van der Waals surface area contributed by atoms with Crippen molar-refractivity contribution in [2.24, 2.45) is 5.92 Å². The average Bonchev–Trinajstić information content (AvgIpc) is 2.36. The van der Waals surface area contributed by atoms with Crippen LogP contribution in [0.15, 0.2) is 18.2 Å². The summed E-state index contributed by atoms with van der Waals surface area (Å²) in [6.07, 6.45) is 0.864. The van der Waals surface area contributed by atoms with E-state index in [1.165, 1.54) is 18.2 Å². The van der Waals surface area contributed by atoms with Crippen molar-refractivity contribution in [2.75, 3.05) is 11.9 Å². The Morgan fingerprint density at radius 2 is 2.22 bits per heavy atom. The summed E-state index contributed by atoms with van der Waals surface area (Å²) in [7, 11) is 0. The Labute approximate surface area is 107 Å². The normalized spacial score (nSPS) is 15.6. The topological polar surface area (TPSA) is 56.0 Å². The summed E-state index contributed by atoms with van der Waals surface area (Å²) in [5.74, 6) is -0.304. The standard InChI is InChI=1S/C14H19FN2O/c1-4-10(2)14(3,18)9-17-13-6-5-12(15)7-11(13)8-16/h5-7,10,17-18H,4,9H2,1-3H3. The van der Waals surface area contributed by atoms with Crippen LogP contribution >= 0.6 is 0 Å². The zero-order valence-electron chi connectivity index (χ0n) is 11.0. The Hall–Kier alpha value is -1.60. The van der Waals surface area contributed by atoms with Crippen molar-refractivity contribution in [3.05, 3.63) is 29.6 Å². The van der Waals surface area contributed by atoms with Gasteiger partial charge in [-0.3, -0.25) is 0 Å². The molecule has 0 aliphatic carbocycles. The van der Waals surface area contributed by atoms with Gasteiger partial charge in [-0.05, 0) is 31.0 Å². The molecule has 0 aliphatic heterocycles. The van der Waals surface area contributed by atoms with Crippen molar-refractivity contribution in [1.29, 1.82) is 5.26 Å². The molecule has 1 aromatic carbocycles. The third-order valence-corrected chi connectivity index (χ3v) is 3.41. The van der Waals surface area contributed by atoms with Crippen LogP contribution in [0.4, 0.5) is 10.1 Å². The Kier molecular flexibility index (Phi) is 4.69. The smallest absolute Gasteiger partial charge is 0.124 e. The summed E-state index contributed by atoms with van der Waals surface area (Å²) in [4.78, 5) is 0. The monoisotopic (exact) mass is 250 g/mol. The Balaban J connectivity index is 2.78. The van der Waals surface area contributed by atoms with Crippen LogP contribution in [0.2, 0.25) is 0 Å². The third kappa shape index (κ3) is 3.44. The van der Waals surface area contributed by atoms with Gasteiger partial charge in [0, 0.05) is 6.54 Å². The average molecular weight is 250 g/mol. The number of nitrogens with zero attached hydrogens (tertiary/aromatic N) is 1. The summed E-state index contributed by atoms with van der Waals surface area (Å²) >= 11 is 0. The van der Waals surface area contributed by atoms with E-state index in [2.05, 4.69) is 5.32 Å².